The molecule has 0 unspecified atom stereocenters. The number of hydrogen-bond donors (Lipinski definition) is 0. The third-order valence-corrected chi connectivity index (χ3v) is 1.38. The maximum Gasteiger partial charge on any atom is 0.331 e. The fraction of sp³-hybridized carbons (Fsp3) is 0.500. The molecular weight excluding hydrogens is 247 g/mol. The van der Waals surface area contributed by atoms with Crippen LogP contribution in [0.1, 0.15) is 0 Å². The van der Waals surface area contributed by atoms with E-state index in [0.29, 0.717) is 6.61 Å². The Kier molecular flexibility index (Phi) is 5.61. The smallest absolute Gasteiger partial charge is 0.331 e. The second kappa shape index (κ2) is 5.67. The van der Waals surface area contributed by atoms with Gasteiger partial charge in [-0.05, 0) is 22.6 Å². The molecular formula is C6H9IO3. The molecule has 0 rings (SSSR count). The molecule has 58 valence electrons. The molecule has 0 aromatic rings. The highest BCUT2D eigenvalue weighted by Gasteiger charge is 1.95. The third kappa shape index (κ3) is 4.75. The molecule has 0 N–H and O–H groups in total. The summed E-state index contributed by atoms with van der Waals surface area (Å²) in [5, 5.41) is 0. The van der Waals surface area contributed by atoms with E-state index >= 15 is 0 Å². The molecule has 0 aliphatic heterocycles. The van der Waals surface area contributed by atoms with Gasteiger partial charge in [0, 0.05) is 16.8 Å². The molecule has 0 fully saturated rings. The average Bonchev–Trinajstić information content (AvgIpc) is 1.88. The first kappa shape index (κ1) is 9.90. The van der Waals surface area contributed by atoms with Crippen LogP contribution >= 0.6 is 22.6 Å². The lowest BCUT2D eigenvalue weighted by Gasteiger charge is -1.95. The third-order valence-electron chi connectivity index (χ3n) is 0.758. The Morgan fingerprint density at radius 2 is 2.20 bits per heavy atom. The average molecular weight is 256 g/mol. The predicted octanol–water partition coefficient (Wildman–Crippen LogP) is 1.12. The summed E-state index contributed by atoms with van der Waals surface area (Å²) in [7, 11) is 2.92. The van der Waals surface area contributed by atoms with Gasteiger partial charge in [0.15, 0.2) is 0 Å². The fourth-order valence-corrected chi connectivity index (χ4v) is 0.932. The molecule has 0 saturated heterocycles. The van der Waals surface area contributed by atoms with Crippen LogP contribution in [0.4, 0.5) is 0 Å². The van der Waals surface area contributed by atoms with E-state index in [0.717, 1.165) is 3.58 Å². The number of ether oxygens (including phenoxy) is 2. The highest BCUT2D eigenvalue weighted by Crippen LogP contribution is 2.04. The summed E-state index contributed by atoms with van der Waals surface area (Å²) in [6, 6.07) is 0. The van der Waals surface area contributed by atoms with Crippen molar-refractivity contribution in [2.45, 2.75) is 0 Å². The normalized spacial score (nSPS) is 11.3. The molecule has 0 aromatic heterocycles. The molecule has 0 spiro atoms. The molecule has 0 aliphatic rings. The number of carbonyl (C=O) groups is 1. The van der Waals surface area contributed by atoms with E-state index in [4.69, 9.17) is 4.74 Å². The molecule has 0 heterocycles. The van der Waals surface area contributed by atoms with Crippen molar-refractivity contribution in [2.75, 3.05) is 20.8 Å². The van der Waals surface area contributed by atoms with Gasteiger partial charge < -0.3 is 9.47 Å². The van der Waals surface area contributed by atoms with Crippen LogP contribution in [0.3, 0.4) is 0 Å². The van der Waals surface area contributed by atoms with Crippen molar-refractivity contribution in [3.8, 4) is 0 Å². The van der Waals surface area contributed by atoms with Gasteiger partial charge in [-0.15, -0.1) is 0 Å². The number of rotatable bonds is 3. The van der Waals surface area contributed by atoms with Crippen LogP contribution in [0.15, 0.2) is 9.66 Å². The van der Waals surface area contributed by atoms with Crippen LogP contribution in [0, 0.1) is 0 Å². The van der Waals surface area contributed by atoms with Crippen LogP contribution in [0.5, 0.6) is 0 Å². The second-order valence-corrected chi connectivity index (χ2v) is 2.93. The van der Waals surface area contributed by atoms with Crippen LogP contribution in [0.25, 0.3) is 0 Å². The van der Waals surface area contributed by atoms with E-state index in [1.165, 1.54) is 13.2 Å². The zero-order chi connectivity index (χ0) is 7.98. The van der Waals surface area contributed by atoms with Crippen molar-refractivity contribution in [2.24, 2.45) is 0 Å². The first-order valence-corrected chi connectivity index (χ1v) is 3.71. The van der Waals surface area contributed by atoms with E-state index in [1.807, 2.05) is 22.6 Å². The Morgan fingerprint density at radius 1 is 1.60 bits per heavy atom. The lowest BCUT2D eigenvalue weighted by atomic mass is 10.5. The SMILES string of the molecule is COC/C(I)=C\C(=O)OC. The minimum atomic E-state index is -0.346. The summed E-state index contributed by atoms with van der Waals surface area (Å²) >= 11 is 2.02. The summed E-state index contributed by atoms with van der Waals surface area (Å²) in [5.74, 6) is -0.346. The standard InChI is InChI=1S/C6H9IO3/c1-9-4-5(7)3-6(8)10-2/h3H,4H2,1-2H3/b5-3+. The summed E-state index contributed by atoms with van der Waals surface area (Å²) in [6.45, 7) is 0.454. The molecule has 0 radical (unpaired) electrons. The first-order valence-electron chi connectivity index (χ1n) is 2.63. The molecule has 10 heavy (non-hydrogen) atoms. The Bertz CT molecular complexity index is 142. The van der Waals surface area contributed by atoms with Gasteiger partial charge in [-0.2, -0.15) is 0 Å². The monoisotopic (exact) mass is 256 g/mol. The topological polar surface area (TPSA) is 35.5 Å². The number of carbonyl (C=O) groups excluding carboxylic acids is 1. The highest BCUT2D eigenvalue weighted by molar-refractivity contribution is 14.1. The molecule has 0 bridgehead atoms. The second-order valence-electron chi connectivity index (χ2n) is 1.55. The van der Waals surface area contributed by atoms with Crippen molar-refractivity contribution in [1.82, 2.24) is 0 Å². The van der Waals surface area contributed by atoms with Gasteiger partial charge in [0.1, 0.15) is 0 Å². The summed E-state index contributed by atoms with van der Waals surface area (Å²) < 4.78 is 9.98. The number of methoxy groups -OCH3 is 2. The quantitative estimate of drug-likeness (QED) is 0.431. The van der Waals surface area contributed by atoms with Crippen molar-refractivity contribution in [3.05, 3.63) is 9.66 Å². The van der Waals surface area contributed by atoms with Crippen molar-refractivity contribution in [3.63, 3.8) is 0 Å². The van der Waals surface area contributed by atoms with Crippen molar-refractivity contribution in [1.29, 1.82) is 0 Å². The van der Waals surface area contributed by atoms with Gasteiger partial charge in [0.05, 0.1) is 13.7 Å². The lowest BCUT2D eigenvalue weighted by Crippen LogP contribution is -1.97. The van der Waals surface area contributed by atoms with E-state index < -0.39 is 0 Å². The van der Waals surface area contributed by atoms with Gasteiger partial charge in [0.2, 0.25) is 0 Å². The molecule has 0 aromatic carbocycles. The number of esters is 1. The van der Waals surface area contributed by atoms with Gasteiger partial charge in [-0.25, -0.2) is 4.79 Å². The van der Waals surface area contributed by atoms with E-state index in [2.05, 4.69) is 4.74 Å². The minimum Gasteiger partial charge on any atom is -0.466 e. The first-order chi connectivity index (χ1) is 4.70. The minimum absolute atomic E-state index is 0.346. The zero-order valence-corrected chi connectivity index (χ0v) is 8.04. The lowest BCUT2D eigenvalue weighted by molar-refractivity contribution is -0.134. The molecule has 0 atom stereocenters. The van der Waals surface area contributed by atoms with Crippen molar-refractivity contribution < 1.29 is 14.3 Å². The van der Waals surface area contributed by atoms with E-state index in [-0.39, 0.29) is 5.97 Å². The van der Waals surface area contributed by atoms with Gasteiger partial charge in [-0.1, -0.05) is 0 Å². The van der Waals surface area contributed by atoms with Gasteiger partial charge >= 0.3 is 5.97 Å². The zero-order valence-electron chi connectivity index (χ0n) is 5.89. The van der Waals surface area contributed by atoms with Crippen molar-refractivity contribution >= 4 is 28.6 Å². The Hall–Kier alpha value is -0.100. The Labute approximate surface area is 73.5 Å². The van der Waals surface area contributed by atoms with Gasteiger partial charge in [-0.3, -0.25) is 0 Å². The summed E-state index contributed by atoms with van der Waals surface area (Å²) in [6.07, 6.45) is 1.39. The molecule has 0 amide bonds. The fourth-order valence-electron chi connectivity index (χ4n) is 0.366. The number of hydrogen-bond acceptors (Lipinski definition) is 3. The van der Waals surface area contributed by atoms with E-state index in [9.17, 15) is 4.79 Å². The molecule has 3 nitrogen and oxygen atoms in total. The van der Waals surface area contributed by atoms with Gasteiger partial charge in [0.25, 0.3) is 0 Å². The highest BCUT2D eigenvalue weighted by atomic mass is 127. The summed E-state index contributed by atoms with van der Waals surface area (Å²) in [4.78, 5) is 10.5. The molecule has 4 heteroatoms. The Balaban J connectivity index is 3.77. The van der Waals surface area contributed by atoms with Crippen LogP contribution in [-0.2, 0) is 14.3 Å². The van der Waals surface area contributed by atoms with Crippen LogP contribution in [0.2, 0.25) is 0 Å². The van der Waals surface area contributed by atoms with Crippen LogP contribution < -0.4 is 0 Å². The predicted molar refractivity (Wildman–Crippen MR) is 46.0 cm³/mol. The maximum absolute atomic E-state index is 10.5. The molecule has 0 aliphatic carbocycles. The Morgan fingerprint density at radius 3 is 2.60 bits per heavy atom. The summed E-state index contributed by atoms with van der Waals surface area (Å²) in [5.41, 5.74) is 0. The molecule has 0 saturated carbocycles. The maximum atomic E-state index is 10.5. The van der Waals surface area contributed by atoms with E-state index in [1.54, 1.807) is 7.11 Å². The van der Waals surface area contributed by atoms with Crippen LogP contribution in [-0.4, -0.2) is 26.8 Å². The largest absolute Gasteiger partial charge is 0.466 e. The number of halogens is 1.